The van der Waals surface area contributed by atoms with Crippen LogP contribution >= 0.6 is 0 Å². The van der Waals surface area contributed by atoms with E-state index in [1.165, 1.54) is 69.3 Å². The molecule has 1 rings (SSSR count). The summed E-state index contributed by atoms with van der Waals surface area (Å²) in [6.07, 6.45) is 16.8. The van der Waals surface area contributed by atoms with Crippen LogP contribution in [0.4, 0.5) is 0 Å². The molecule has 1 saturated heterocycles. The molecule has 0 spiro atoms. The van der Waals surface area contributed by atoms with Crippen LogP contribution in [0.25, 0.3) is 0 Å². The lowest BCUT2D eigenvalue weighted by atomic mass is 9.92. The first-order valence-corrected chi connectivity index (χ1v) is 11.7. The van der Waals surface area contributed by atoms with Gasteiger partial charge < -0.3 is 15.1 Å². The molecule has 5 nitrogen and oxygen atoms in total. The highest BCUT2D eigenvalue weighted by Gasteiger charge is 2.43. The summed E-state index contributed by atoms with van der Waals surface area (Å²) in [6.45, 7) is 6.73. The van der Waals surface area contributed by atoms with Crippen LogP contribution in [-0.4, -0.2) is 39.7 Å². The van der Waals surface area contributed by atoms with E-state index in [0.717, 1.165) is 19.3 Å². The first-order chi connectivity index (χ1) is 13.4. The van der Waals surface area contributed by atoms with Crippen molar-refractivity contribution in [1.82, 2.24) is 5.06 Å². The molecule has 1 heterocycles. The zero-order valence-electron chi connectivity index (χ0n) is 18.6. The van der Waals surface area contributed by atoms with Gasteiger partial charge >= 0.3 is 5.97 Å². The molecule has 1 aliphatic rings. The zero-order chi connectivity index (χ0) is 20.8. The first-order valence-electron chi connectivity index (χ1n) is 11.7. The topological polar surface area (TPSA) is 70.0 Å². The molecular weight excluding hydrogens is 354 g/mol. The van der Waals surface area contributed by atoms with Gasteiger partial charge in [0.1, 0.15) is 6.23 Å². The lowest BCUT2D eigenvalue weighted by Crippen LogP contribution is -2.44. The number of carboxylic acids is 1. The summed E-state index contributed by atoms with van der Waals surface area (Å²) in [4.78, 5) is 10.8. The SMILES string of the molecule is CCCCCCCCCCCCCC(CCCC(=O)O)C1OCC(C)(C)N1O. The number of aliphatic carboxylic acids is 1. The van der Waals surface area contributed by atoms with Gasteiger partial charge in [-0.3, -0.25) is 4.79 Å². The van der Waals surface area contributed by atoms with E-state index >= 15 is 0 Å². The predicted octanol–water partition coefficient (Wildman–Crippen LogP) is 6.38. The van der Waals surface area contributed by atoms with Gasteiger partial charge in [0.25, 0.3) is 0 Å². The number of hydrogen-bond acceptors (Lipinski definition) is 4. The smallest absolute Gasteiger partial charge is 0.303 e. The Morgan fingerprint density at radius 1 is 0.964 bits per heavy atom. The number of carbonyl (C=O) groups is 1. The Morgan fingerprint density at radius 3 is 1.93 bits per heavy atom. The summed E-state index contributed by atoms with van der Waals surface area (Å²) in [5.41, 5.74) is -0.368. The van der Waals surface area contributed by atoms with Gasteiger partial charge in [-0.15, -0.1) is 0 Å². The van der Waals surface area contributed by atoms with E-state index in [1.807, 2.05) is 13.8 Å². The maximum atomic E-state index is 10.8. The highest BCUT2D eigenvalue weighted by molar-refractivity contribution is 5.66. The van der Waals surface area contributed by atoms with Crippen LogP contribution in [0.15, 0.2) is 0 Å². The van der Waals surface area contributed by atoms with Crippen LogP contribution in [0.2, 0.25) is 0 Å². The fourth-order valence-electron chi connectivity index (χ4n) is 4.12. The minimum absolute atomic E-state index is 0.191. The number of carboxylic acid groups (broad SMARTS) is 1. The van der Waals surface area contributed by atoms with Crippen LogP contribution in [-0.2, 0) is 9.53 Å². The normalized spacial score (nSPS) is 20.5. The van der Waals surface area contributed by atoms with Crippen LogP contribution in [0, 0.1) is 5.92 Å². The molecule has 1 fully saturated rings. The molecule has 0 amide bonds. The summed E-state index contributed by atoms with van der Waals surface area (Å²) in [5.74, 6) is -0.549. The zero-order valence-corrected chi connectivity index (χ0v) is 18.6. The van der Waals surface area contributed by atoms with Gasteiger partial charge in [0.05, 0.1) is 12.1 Å². The molecule has 2 unspecified atom stereocenters. The summed E-state index contributed by atoms with van der Waals surface area (Å²) in [5, 5.41) is 20.7. The van der Waals surface area contributed by atoms with Crippen molar-refractivity contribution in [2.24, 2.45) is 5.92 Å². The largest absolute Gasteiger partial charge is 0.481 e. The molecule has 0 aromatic heterocycles. The number of unbranched alkanes of at least 4 members (excludes halogenated alkanes) is 10. The third-order valence-electron chi connectivity index (χ3n) is 6.02. The van der Waals surface area contributed by atoms with E-state index in [4.69, 9.17) is 9.84 Å². The van der Waals surface area contributed by atoms with Crippen LogP contribution in [0.3, 0.4) is 0 Å². The molecule has 0 saturated carbocycles. The van der Waals surface area contributed by atoms with E-state index in [1.54, 1.807) is 0 Å². The lowest BCUT2D eigenvalue weighted by molar-refractivity contribution is -0.208. The van der Waals surface area contributed by atoms with Crippen molar-refractivity contribution >= 4 is 5.97 Å². The summed E-state index contributed by atoms with van der Waals surface area (Å²) < 4.78 is 5.88. The van der Waals surface area contributed by atoms with Crippen molar-refractivity contribution in [2.75, 3.05) is 6.61 Å². The fraction of sp³-hybridized carbons (Fsp3) is 0.957. The van der Waals surface area contributed by atoms with Crippen molar-refractivity contribution < 1.29 is 19.8 Å². The fourth-order valence-corrected chi connectivity index (χ4v) is 4.12. The molecule has 0 aromatic carbocycles. The molecule has 28 heavy (non-hydrogen) atoms. The molecule has 0 radical (unpaired) electrons. The molecule has 0 aromatic rings. The Labute approximate surface area is 172 Å². The number of hydroxylamine groups is 2. The first kappa shape index (κ1) is 25.4. The van der Waals surface area contributed by atoms with Crippen molar-refractivity contribution in [3.8, 4) is 0 Å². The standard InChI is InChI=1S/C23H45NO4/c1-4-5-6-7-8-9-10-11-12-13-14-16-20(17-15-18-21(25)26)22-24(27)23(2,3)19-28-22/h20,22,27H,4-19H2,1-3H3,(H,25,26). The van der Waals surface area contributed by atoms with Crippen molar-refractivity contribution in [1.29, 1.82) is 0 Å². The van der Waals surface area contributed by atoms with Gasteiger partial charge in [0, 0.05) is 12.3 Å². The van der Waals surface area contributed by atoms with E-state index in [-0.39, 0.29) is 24.1 Å². The van der Waals surface area contributed by atoms with Gasteiger partial charge in [-0.1, -0.05) is 77.6 Å². The molecule has 5 heteroatoms. The maximum Gasteiger partial charge on any atom is 0.303 e. The summed E-state index contributed by atoms with van der Waals surface area (Å²) in [6, 6.07) is 0. The van der Waals surface area contributed by atoms with Gasteiger partial charge in [0.15, 0.2) is 0 Å². The Hall–Kier alpha value is -0.650. The van der Waals surface area contributed by atoms with Crippen LogP contribution in [0.1, 0.15) is 117 Å². The highest BCUT2D eigenvalue weighted by atomic mass is 16.6. The third-order valence-corrected chi connectivity index (χ3v) is 6.02. The minimum atomic E-state index is -0.748. The predicted molar refractivity (Wildman–Crippen MR) is 113 cm³/mol. The van der Waals surface area contributed by atoms with Gasteiger partial charge in [-0.25, -0.2) is 0 Å². The van der Waals surface area contributed by atoms with E-state index in [9.17, 15) is 10.0 Å². The maximum absolute atomic E-state index is 10.8. The van der Waals surface area contributed by atoms with Crippen molar-refractivity contribution in [2.45, 2.75) is 129 Å². The summed E-state index contributed by atoms with van der Waals surface area (Å²) in [7, 11) is 0. The Balaban J connectivity index is 2.22. The second-order valence-electron chi connectivity index (χ2n) is 9.23. The van der Waals surface area contributed by atoms with Gasteiger partial charge in [-0.05, 0) is 33.1 Å². The molecule has 2 atom stereocenters. The van der Waals surface area contributed by atoms with Gasteiger partial charge in [0.2, 0.25) is 0 Å². The van der Waals surface area contributed by atoms with Gasteiger partial charge in [-0.2, -0.15) is 5.06 Å². The lowest BCUT2D eigenvalue weighted by Gasteiger charge is -2.31. The van der Waals surface area contributed by atoms with Crippen LogP contribution in [0.5, 0.6) is 0 Å². The quantitative estimate of drug-likeness (QED) is 0.277. The molecule has 2 N–H and O–H groups in total. The third kappa shape index (κ3) is 10.2. The molecule has 0 aliphatic carbocycles. The number of ether oxygens (including phenoxy) is 1. The van der Waals surface area contributed by atoms with Crippen LogP contribution < -0.4 is 0 Å². The molecular formula is C23H45NO4. The average molecular weight is 400 g/mol. The monoisotopic (exact) mass is 399 g/mol. The Bertz CT molecular complexity index is 413. The summed E-state index contributed by atoms with van der Waals surface area (Å²) >= 11 is 0. The second kappa shape index (κ2) is 14.4. The molecule has 0 bridgehead atoms. The second-order valence-corrected chi connectivity index (χ2v) is 9.23. The molecule has 166 valence electrons. The van der Waals surface area contributed by atoms with E-state index in [2.05, 4.69) is 6.92 Å². The van der Waals surface area contributed by atoms with E-state index in [0.29, 0.717) is 13.0 Å². The Kier molecular flexibility index (Phi) is 13.0. The van der Waals surface area contributed by atoms with E-state index < -0.39 is 5.97 Å². The average Bonchev–Trinajstić information content (AvgIpc) is 2.91. The number of rotatable bonds is 17. The number of hydrogen-bond donors (Lipinski definition) is 2. The Morgan fingerprint density at radius 2 is 1.46 bits per heavy atom. The molecule has 1 aliphatic heterocycles. The van der Waals surface area contributed by atoms with Crippen molar-refractivity contribution in [3.63, 3.8) is 0 Å². The number of nitrogens with zero attached hydrogens (tertiary/aromatic N) is 1. The minimum Gasteiger partial charge on any atom is -0.481 e. The van der Waals surface area contributed by atoms with Crippen molar-refractivity contribution in [3.05, 3.63) is 0 Å². The highest BCUT2D eigenvalue weighted by Crippen LogP contribution is 2.33.